The smallest absolute Gasteiger partial charge is 0.191 e. The molecule has 2 saturated heterocycles. The van der Waals surface area contributed by atoms with Crippen LogP contribution in [0.25, 0.3) is 0 Å². The van der Waals surface area contributed by atoms with E-state index in [1.54, 1.807) is 11.8 Å². The van der Waals surface area contributed by atoms with Gasteiger partial charge in [0.15, 0.2) is 5.96 Å². The molecule has 5 nitrogen and oxygen atoms in total. The molecule has 0 unspecified atom stereocenters. The number of aryl methyl sites for hydroxylation is 1. The number of rotatable bonds is 6. The molecule has 0 radical (unpaired) electrons. The van der Waals surface area contributed by atoms with Gasteiger partial charge in [0, 0.05) is 43.8 Å². The third-order valence-electron chi connectivity index (χ3n) is 5.90. The minimum Gasteiger partial charge on any atom is -0.381 e. The van der Waals surface area contributed by atoms with Crippen molar-refractivity contribution in [2.45, 2.75) is 49.6 Å². The maximum Gasteiger partial charge on any atom is 0.191 e. The van der Waals surface area contributed by atoms with Crippen LogP contribution in [0.5, 0.6) is 0 Å². The van der Waals surface area contributed by atoms with Crippen LogP contribution in [0.15, 0.2) is 28.1 Å². The largest absolute Gasteiger partial charge is 0.381 e. The highest BCUT2D eigenvalue weighted by Crippen LogP contribution is 2.30. The summed E-state index contributed by atoms with van der Waals surface area (Å²) in [5.74, 6) is 0.882. The number of guanidine groups is 1. The molecule has 0 amide bonds. The molecule has 0 saturated carbocycles. The second-order valence-electron chi connectivity index (χ2n) is 7.63. The SMILES string of the molecule is CN=C(NCc1ccc(C)cc1SC)NCC1(N2CCCC2)CCOCC1.I. The first-order valence-corrected chi connectivity index (χ1v) is 11.3. The second kappa shape index (κ2) is 11.6. The minimum atomic E-state index is 0. The van der Waals surface area contributed by atoms with Crippen LogP contribution in [0.3, 0.4) is 0 Å². The number of halogens is 1. The lowest BCUT2D eigenvalue weighted by Gasteiger charge is -2.45. The molecule has 2 N–H and O–H groups in total. The zero-order chi connectivity index (χ0) is 19.1. The molecule has 7 heteroatoms. The van der Waals surface area contributed by atoms with Crippen LogP contribution in [0.1, 0.15) is 36.8 Å². The number of nitrogens with one attached hydrogen (secondary N) is 2. The van der Waals surface area contributed by atoms with Gasteiger partial charge in [-0.3, -0.25) is 9.89 Å². The molecule has 0 bridgehead atoms. The van der Waals surface area contributed by atoms with Gasteiger partial charge in [-0.2, -0.15) is 0 Å². The standard InChI is InChI=1S/C21H34N4OS.HI/c1-17-6-7-18(19(14-17)27-3)15-23-20(22-2)24-16-21(8-12-26-13-9-21)25-10-4-5-11-25;/h6-7,14H,4-5,8-13,15-16H2,1-3H3,(H2,22,23,24);1H. The Bertz CT molecular complexity index is 643. The van der Waals surface area contributed by atoms with E-state index >= 15 is 0 Å². The quantitative estimate of drug-likeness (QED) is 0.261. The van der Waals surface area contributed by atoms with Gasteiger partial charge in [-0.15, -0.1) is 35.7 Å². The molecule has 0 atom stereocenters. The Labute approximate surface area is 191 Å². The fourth-order valence-corrected chi connectivity index (χ4v) is 4.90. The second-order valence-corrected chi connectivity index (χ2v) is 8.47. The number of hydrogen-bond donors (Lipinski definition) is 2. The fraction of sp³-hybridized carbons (Fsp3) is 0.667. The zero-order valence-corrected chi connectivity index (χ0v) is 20.6. The van der Waals surface area contributed by atoms with Gasteiger partial charge in [-0.25, -0.2) is 0 Å². The fourth-order valence-electron chi connectivity index (χ4n) is 4.19. The number of likely N-dealkylation sites (tertiary alicyclic amines) is 1. The summed E-state index contributed by atoms with van der Waals surface area (Å²) in [5, 5.41) is 7.11. The molecule has 1 aromatic rings. The summed E-state index contributed by atoms with van der Waals surface area (Å²) >= 11 is 1.80. The normalized spacial score (nSPS) is 19.9. The number of ether oxygens (including phenoxy) is 1. The molecule has 2 heterocycles. The molecule has 0 spiro atoms. The van der Waals surface area contributed by atoms with E-state index in [-0.39, 0.29) is 29.5 Å². The lowest BCUT2D eigenvalue weighted by molar-refractivity contribution is -0.0164. The van der Waals surface area contributed by atoms with E-state index < -0.39 is 0 Å². The first-order valence-electron chi connectivity index (χ1n) is 10.1. The highest BCUT2D eigenvalue weighted by molar-refractivity contribution is 14.0. The van der Waals surface area contributed by atoms with Gasteiger partial charge < -0.3 is 15.4 Å². The van der Waals surface area contributed by atoms with Crippen molar-refractivity contribution in [2.24, 2.45) is 4.99 Å². The number of thioether (sulfide) groups is 1. The summed E-state index contributed by atoms with van der Waals surface area (Å²) in [6, 6.07) is 6.64. The topological polar surface area (TPSA) is 48.9 Å². The van der Waals surface area contributed by atoms with Gasteiger partial charge in [0.25, 0.3) is 0 Å². The van der Waals surface area contributed by atoms with E-state index in [0.717, 1.165) is 45.1 Å². The van der Waals surface area contributed by atoms with Gasteiger partial charge in [-0.1, -0.05) is 12.1 Å². The summed E-state index contributed by atoms with van der Waals surface area (Å²) in [7, 11) is 1.85. The molecule has 2 fully saturated rings. The van der Waals surface area contributed by atoms with E-state index in [9.17, 15) is 0 Å². The maximum atomic E-state index is 5.66. The first kappa shape index (κ1) is 23.8. The van der Waals surface area contributed by atoms with Gasteiger partial charge >= 0.3 is 0 Å². The molecule has 1 aromatic carbocycles. The third-order valence-corrected chi connectivity index (χ3v) is 6.72. The van der Waals surface area contributed by atoms with Crippen LogP contribution in [-0.4, -0.2) is 62.5 Å². The van der Waals surface area contributed by atoms with Crippen molar-refractivity contribution in [1.29, 1.82) is 0 Å². The van der Waals surface area contributed by atoms with E-state index in [2.05, 4.69) is 51.9 Å². The van der Waals surface area contributed by atoms with E-state index in [0.29, 0.717) is 0 Å². The van der Waals surface area contributed by atoms with Gasteiger partial charge in [0.1, 0.15) is 0 Å². The predicted molar refractivity (Wildman–Crippen MR) is 130 cm³/mol. The van der Waals surface area contributed by atoms with Crippen molar-refractivity contribution in [3.8, 4) is 0 Å². The van der Waals surface area contributed by atoms with Gasteiger partial charge in [0.05, 0.1) is 0 Å². The summed E-state index contributed by atoms with van der Waals surface area (Å²) < 4.78 is 5.66. The highest BCUT2D eigenvalue weighted by Gasteiger charge is 2.39. The Morgan fingerprint density at radius 3 is 2.57 bits per heavy atom. The molecule has 0 aromatic heterocycles. The third kappa shape index (κ3) is 6.00. The minimum absolute atomic E-state index is 0. The summed E-state index contributed by atoms with van der Waals surface area (Å²) in [5.41, 5.74) is 2.83. The van der Waals surface area contributed by atoms with Crippen LogP contribution in [0.4, 0.5) is 0 Å². The monoisotopic (exact) mass is 518 g/mol. The number of aliphatic imine (C=N–C) groups is 1. The van der Waals surface area contributed by atoms with Crippen molar-refractivity contribution in [2.75, 3.05) is 46.2 Å². The molecular formula is C21H35IN4OS. The summed E-state index contributed by atoms with van der Waals surface area (Å²) in [6.45, 7) is 8.02. The molecule has 28 heavy (non-hydrogen) atoms. The number of hydrogen-bond acceptors (Lipinski definition) is 4. The Morgan fingerprint density at radius 1 is 1.21 bits per heavy atom. The van der Waals surface area contributed by atoms with Crippen molar-refractivity contribution >= 4 is 41.7 Å². The van der Waals surface area contributed by atoms with E-state index in [1.165, 1.54) is 42.0 Å². The van der Waals surface area contributed by atoms with E-state index in [4.69, 9.17) is 4.74 Å². The zero-order valence-electron chi connectivity index (χ0n) is 17.4. The number of nitrogens with zero attached hydrogens (tertiary/aromatic N) is 2. The molecule has 2 aliphatic heterocycles. The molecule has 3 rings (SSSR count). The van der Waals surface area contributed by atoms with Crippen LogP contribution in [0, 0.1) is 6.92 Å². The Hall–Kier alpha value is -0.510. The predicted octanol–water partition coefficient (Wildman–Crippen LogP) is 3.64. The van der Waals surface area contributed by atoms with Crippen molar-refractivity contribution in [1.82, 2.24) is 15.5 Å². The Balaban J connectivity index is 0.00000280. The van der Waals surface area contributed by atoms with E-state index in [1.807, 2.05) is 7.05 Å². The Morgan fingerprint density at radius 2 is 1.93 bits per heavy atom. The Kier molecular flexibility index (Phi) is 9.86. The van der Waals surface area contributed by atoms with Gasteiger partial charge in [0.2, 0.25) is 0 Å². The summed E-state index contributed by atoms with van der Waals surface area (Å²) in [6.07, 6.45) is 6.98. The maximum absolute atomic E-state index is 5.66. The average Bonchev–Trinajstić information content (AvgIpc) is 3.25. The lowest BCUT2D eigenvalue weighted by Crippen LogP contribution is -2.58. The summed E-state index contributed by atoms with van der Waals surface area (Å²) in [4.78, 5) is 8.47. The van der Waals surface area contributed by atoms with Crippen molar-refractivity contribution < 1.29 is 4.74 Å². The van der Waals surface area contributed by atoms with Crippen LogP contribution in [0.2, 0.25) is 0 Å². The molecular weight excluding hydrogens is 483 g/mol. The molecule has 0 aliphatic carbocycles. The van der Waals surface area contributed by atoms with Gasteiger partial charge in [-0.05, 0) is 69.1 Å². The van der Waals surface area contributed by atoms with Crippen molar-refractivity contribution in [3.05, 3.63) is 29.3 Å². The van der Waals surface area contributed by atoms with Crippen LogP contribution >= 0.6 is 35.7 Å². The van der Waals surface area contributed by atoms with Crippen LogP contribution in [-0.2, 0) is 11.3 Å². The lowest BCUT2D eigenvalue weighted by atomic mass is 9.88. The van der Waals surface area contributed by atoms with Crippen LogP contribution < -0.4 is 10.6 Å². The first-order chi connectivity index (χ1) is 13.2. The average molecular weight is 519 g/mol. The molecule has 158 valence electrons. The highest BCUT2D eigenvalue weighted by atomic mass is 127. The molecule has 2 aliphatic rings. The number of benzene rings is 1. The van der Waals surface area contributed by atoms with Crippen molar-refractivity contribution in [3.63, 3.8) is 0 Å².